The van der Waals surface area contributed by atoms with Crippen LogP contribution in [-0.4, -0.2) is 40.2 Å². The number of rotatable bonds is 4. The van der Waals surface area contributed by atoms with E-state index in [1.54, 1.807) is 52.4 Å². The third-order valence-electron chi connectivity index (χ3n) is 7.43. The molecule has 1 amide bonds. The second-order valence-electron chi connectivity index (χ2n) is 10.3. The summed E-state index contributed by atoms with van der Waals surface area (Å²) in [7, 11) is 1.83. The molecule has 2 atom stereocenters. The number of fused-ring (bicyclic) bond motifs is 4. The summed E-state index contributed by atoms with van der Waals surface area (Å²) in [6.07, 6.45) is 9.98. The standard InChI is InChI=1S/C30H28ClN9O2/c1-18-4-3-5-26(24-12-19(8-11-33-24)29-25(38-30(18)42)15-36-39(29)2)40-17-35-23(14-28(40)41)21-13-20(31)6-7-22(21)37-27-9-10-32-16-34-27/h6-18,26H,3-5H2,1-2H3,(H,38,42)(H,32,34,37). The van der Waals surface area contributed by atoms with Gasteiger partial charge in [0, 0.05) is 53.3 Å². The SMILES string of the molecule is CC1CCCC(n2cnc(-c3cc(Cl)ccc3Nc3ccncn3)cc2=O)c2cc(ccn2)-c2c(cnn2C)NC1=O. The summed E-state index contributed by atoms with van der Waals surface area (Å²) < 4.78 is 3.33. The van der Waals surface area contributed by atoms with E-state index in [9.17, 15) is 9.59 Å². The zero-order valence-corrected chi connectivity index (χ0v) is 23.8. The van der Waals surface area contributed by atoms with Crippen molar-refractivity contribution in [3.8, 4) is 22.5 Å². The van der Waals surface area contributed by atoms with Crippen molar-refractivity contribution < 1.29 is 4.79 Å². The van der Waals surface area contributed by atoms with Gasteiger partial charge in [-0.25, -0.2) is 15.0 Å². The van der Waals surface area contributed by atoms with E-state index < -0.39 is 0 Å². The van der Waals surface area contributed by atoms with Gasteiger partial charge in [0.1, 0.15) is 12.1 Å². The number of pyridine rings is 1. The molecule has 2 unspecified atom stereocenters. The van der Waals surface area contributed by atoms with Crippen LogP contribution in [0.4, 0.5) is 17.2 Å². The van der Waals surface area contributed by atoms with Crippen LogP contribution in [-0.2, 0) is 11.8 Å². The normalized spacial score (nSPS) is 17.0. The van der Waals surface area contributed by atoms with E-state index in [4.69, 9.17) is 16.6 Å². The predicted molar refractivity (Wildman–Crippen MR) is 160 cm³/mol. The Hall–Kier alpha value is -4.90. The highest BCUT2D eigenvalue weighted by Crippen LogP contribution is 2.34. The van der Waals surface area contributed by atoms with Gasteiger partial charge in [-0.1, -0.05) is 24.9 Å². The monoisotopic (exact) mass is 581 g/mol. The maximum atomic E-state index is 13.7. The first-order chi connectivity index (χ1) is 20.4. The molecule has 0 saturated carbocycles. The number of aryl methyl sites for hydroxylation is 1. The Balaban J connectivity index is 1.40. The maximum absolute atomic E-state index is 13.7. The van der Waals surface area contributed by atoms with Gasteiger partial charge in [-0.2, -0.15) is 5.10 Å². The zero-order valence-electron chi connectivity index (χ0n) is 23.0. The van der Waals surface area contributed by atoms with Gasteiger partial charge < -0.3 is 10.6 Å². The van der Waals surface area contributed by atoms with Gasteiger partial charge in [-0.3, -0.25) is 23.8 Å². The van der Waals surface area contributed by atoms with Gasteiger partial charge in [0.05, 0.1) is 41.3 Å². The van der Waals surface area contributed by atoms with Gasteiger partial charge in [-0.15, -0.1) is 0 Å². The number of hydrogen-bond donors (Lipinski definition) is 2. The average molecular weight is 582 g/mol. The van der Waals surface area contributed by atoms with Crippen LogP contribution < -0.4 is 16.2 Å². The number of anilines is 3. The largest absolute Gasteiger partial charge is 0.340 e. The molecule has 0 fully saturated rings. The van der Waals surface area contributed by atoms with Crippen molar-refractivity contribution in [1.29, 1.82) is 0 Å². The molecule has 2 N–H and O–H groups in total. The molecule has 0 spiro atoms. The van der Waals surface area contributed by atoms with Gasteiger partial charge in [0.2, 0.25) is 5.91 Å². The second kappa shape index (κ2) is 11.5. The Labute approximate surface area is 246 Å². The maximum Gasteiger partial charge on any atom is 0.254 e. The van der Waals surface area contributed by atoms with Crippen LogP contribution in [0.15, 0.2) is 78.5 Å². The molecule has 0 aliphatic carbocycles. The number of carbonyl (C=O) groups is 1. The molecule has 1 aromatic carbocycles. The van der Waals surface area contributed by atoms with Crippen LogP contribution in [0.5, 0.6) is 0 Å². The summed E-state index contributed by atoms with van der Waals surface area (Å²) in [6, 6.07) is 12.0. The third kappa shape index (κ3) is 5.51. The summed E-state index contributed by atoms with van der Waals surface area (Å²) in [5, 5.41) is 11.2. The molecule has 1 aliphatic rings. The van der Waals surface area contributed by atoms with Crippen molar-refractivity contribution in [2.24, 2.45) is 13.0 Å². The van der Waals surface area contributed by atoms with Crippen LogP contribution in [0, 0.1) is 5.92 Å². The lowest BCUT2D eigenvalue weighted by Gasteiger charge is -2.22. The summed E-state index contributed by atoms with van der Waals surface area (Å²) in [4.78, 5) is 44.2. The summed E-state index contributed by atoms with van der Waals surface area (Å²) in [5.41, 5.74) is 4.56. The van der Waals surface area contributed by atoms with Crippen molar-refractivity contribution in [1.82, 2.24) is 34.3 Å². The van der Waals surface area contributed by atoms with Crippen LogP contribution in [0.25, 0.3) is 22.5 Å². The number of hydrogen-bond acceptors (Lipinski definition) is 8. The Kier molecular flexibility index (Phi) is 7.49. The number of benzene rings is 1. The van der Waals surface area contributed by atoms with Crippen molar-refractivity contribution in [3.05, 3.63) is 94.8 Å². The molecule has 2 bridgehead atoms. The molecule has 5 aromatic rings. The first-order valence-electron chi connectivity index (χ1n) is 13.6. The fraction of sp³-hybridized carbons (Fsp3) is 0.233. The van der Waals surface area contributed by atoms with E-state index in [0.717, 1.165) is 17.0 Å². The quantitative estimate of drug-likeness (QED) is 0.294. The van der Waals surface area contributed by atoms with Crippen LogP contribution >= 0.6 is 11.6 Å². The average Bonchev–Trinajstić information content (AvgIpc) is 3.36. The zero-order chi connectivity index (χ0) is 29.2. The smallest absolute Gasteiger partial charge is 0.254 e. The Morgan fingerprint density at radius 3 is 2.71 bits per heavy atom. The number of carbonyl (C=O) groups excluding carboxylic acids is 1. The number of nitrogens with zero attached hydrogens (tertiary/aromatic N) is 7. The molecular formula is C30H28ClN9O2. The van der Waals surface area contributed by atoms with E-state index in [0.29, 0.717) is 52.7 Å². The van der Waals surface area contributed by atoms with Crippen molar-refractivity contribution in [2.45, 2.75) is 32.2 Å². The molecule has 6 rings (SSSR count). The van der Waals surface area contributed by atoms with Crippen LogP contribution in [0.3, 0.4) is 0 Å². The second-order valence-corrected chi connectivity index (χ2v) is 10.7. The Morgan fingerprint density at radius 2 is 1.90 bits per heavy atom. The minimum atomic E-state index is -0.386. The molecule has 1 aliphatic heterocycles. The van der Waals surface area contributed by atoms with Crippen molar-refractivity contribution in [3.63, 3.8) is 0 Å². The molecule has 42 heavy (non-hydrogen) atoms. The molecular weight excluding hydrogens is 554 g/mol. The fourth-order valence-electron chi connectivity index (χ4n) is 5.21. The predicted octanol–water partition coefficient (Wildman–Crippen LogP) is 5.24. The van der Waals surface area contributed by atoms with Crippen molar-refractivity contribution >= 4 is 34.7 Å². The van der Waals surface area contributed by atoms with Gasteiger partial charge in [0.25, 0.3) is 5.56 Å². The van der Waals surface area contributed by atoms with Gasteiger partial charge in [-0.05, 0) is 49.2 Å². The van der Waals surface area contributed by atoms with E-state index in [2.05, 4.69) is 30.7 Å². The van der Waals surface area contributed by atoms with Crippen molar-refractivity contribution in [2.75, 3.05) is 10.6 Å². The molecule has 212 valence electrons. The number of amides is 1. The first-order valence-corrected chi connectivity index (χ1v) is 14.0. The van der Waals surface area contributed by atoms with E-state index in [-0.39, 0.29) is 23.4 Å². The molecule has 12 heteroatoms. The van der Waals surface area contributed by atoms with E-state index in [1.165, 1.54) is 12.4 Å². The van der Waals surface area contributed by atoms with Gasteiger partial charge in [0.15, 0.2) is 0 Å². The third-order valence-corrected chi connectivity index (χ3v) is 7.66. The van der Waals surface area contributed by atoms with Gasteiger partial charge >= 0.3 is 0 Å². The summed E-state index contributed by atoms with van der Waals surface area (Å²) in [5.74, 6) is 0.317. The molecule has 0 saturated heterocycles. The molecule has 11 nitrogen and oxygen atoms in total. The fourth-order valence-corrected chi connectivity index (χ4v) is 5.39. The number of halogens is 1. The number of nitrogens with one attached hydrogen (secondary N) is 2. The molecule has 5 heterocycles. The lowest BCUT2D eigenvalue weighted by molar-refractivity contribution is -0.119. The highest BCUT2D eigenvalue weighted by Gasteiger charge is 2.24. The van der Waals surface area contributed by atoms with Crippen LogP contribution in [0.2, 0.25) is 5.02 Å². The van der Waals surface area contributed by atoms with E-state index >= 15 is 0 Å². The van der Waals surface area contributed by atoms with E-state index in [1.807, 2.05) is 32.2 Å². The minimum Gasteiger partial charge on any atom is -0.340 e. The minimum absolute atomic E-state index is 0.0632. The highest BCUT2D eigenvalue weighted by atomic mass is 35.5. The number of aromatic nitrogens is 7. The summed E-state index contributed by atoms with van der Waals surface area (Å²) >= 11 is 6.34. The van der Waals surface area contributed by atoms with Crippen LogP contribution in [0.1, 0.15) is 37.9 Å². The lowest BCUT2D eigenvalue weighted by Crippen LogP contribution is -2.27. The Morgan fingerprint density at radius 1 is 1.02 bits per heavy atom. The lowest BCUT2D eigenvalue weighted by atomic mass is 9.97. The molecule has 0 radical (unpaired) electrons. The highest BCUT2D eigenvalue weighted by molar-refractivity contribution is 6.31. The summed E-state index contributed by atoms with van der Waals surface area (Å²) in [6.45, 7) is 1.91. The topological polar surface area (TPSA) is 133 Å². The Bertz CT molecular complexity index is 1820. The first kappa shape index (κ1) is 27.3. The molecule has 4 aromatic heterocycles.